The van der Waals surface area contributed by atoms with E-state index in [0.717, 1.165) is 6.42 Å². The molecule has 12 heavy (non-hydrogen) atoms. The van der Waals surface area contributed by atoms with Gasteiger partial charge in [0, 0.05) is 12.2 Å². The summed E-state index contributed by atoms with van der Waals surface area (Å²) in [4.78, 5) is 11.3. The Bertz CT molecular complexity index is 281. The fourth-order valence-corrected chi connectivity index (χ4v) is 1.15. The smallest absolute Gasteiger partial charge is 0.269 e. The third-order valence-electron chi connectivity index (χ3n) is 2.17. The van der Waals surface area contributed by atoms with Crippen LogP contribution in [0.4, 0.5) is 0 Å². The van der Waals surface area contributed by atoms with Crippen LogP contribution in [0.2, 0.25) is 0 Å². The van der Waals surface area contributed by atoms with Crippen LogP contribution in [0.1, 0.15) is 23.8 Å². The van der Waals surface area contributed by atoms with E-state index in [1.807, 2.05) is 0 Å². The molecule has 2 rings (SSSR count). The minimum atomic E-state index is -0.0538. The second-order valence-electron chi connectivity index (χ2n) is 3.26. The number of aromatic nitrogens is 2. The summed E-state index contributed by atoms with van der Waals surface area (Å²) in [6.45, 7) is 2.12. The Kier molecular flexibility index (Phi) is 1.60. The molecule has 0 bridgehead atoms. The summed E-state index contributed by atoms with van der Waals surface area (Å²) in [6, 6.07) is 2.04. The van der Waals surface area contributed by atoms with Crippen LogP contribution in [-0.4, -0.2) is 22.1 Å². The predicted octanol–water partition coefficient (Wildman–Crippen LogP) is 0.548. The maximum Gasteiger partial charge on any atom is 0.269 e. The van der Waals surface area contributed by atoms with Crippen LogP contribution in [0.5, 0.6) is 0 Å². The van der Waals surface area contributed by atoms with Crippen LogP contribution in [0, 0.1) is 5.92 Å². The van der Waals surface area contributed by atoms with Crippen LogP contribution >= 0.6 is 0 Å². The Morgan fingerprint density at radius 3 is 3.08 bits per heavy atom. The lowest BCUT2D eigenvalue weighted by Crippen LogP contribution is -2.26. The number of amides is 1. The summed E-state index contributed by atoms with van der Waals surface area (Å²) in [5.41, 5.74) is 0.536. The summed E-state index contributed by atoms with van der Waals surface area (Å²) < 4.78 is 0. The molecule has 1 heterocycles. The SMILES string of the molecule is CC1CC1NC(=O)c1ccn[nH]1. The quantitative estimate of drug-likeness (QED) is 0.672. The Morgan fingerprint density at radius 2 is 2.58 bits per heavy atom. The molecule has 1 saturated carbocycles. The molecule has 0 radical (unpaired) electrons. The molecule has 0 saturated heterocycles. The highest BCUT2D eigenvalue weighted by Crippen LogP contribution is 2.29. The molecular formula is C8H11N3O. The fourth-order valence-electron chi connectivity index (χ4n) is 1.15. The molecule has 2 unspecified atom stereocenters. The van der Waals surface area contributed by atoms with Crippen molar-refractivity contribution in [3.63, 3.8) is 0 Å². The molecular weight excluding hydrogens is 154 g/mol. The van der Waals surface area contributed by atoms with E-state index in [9.17, 15) is 4.79 Å². The van der Waals surface area contributed by atoms with E-state index in [-0.39, 0.29) is 5.91 Å². The van der Waals surface area contributed by atoms with Gasteiger partial charge in [0.25, 0.3) is 5.91 Å². The van der Waals surface area contributed by atoms with Crippen molar-refractivity contribution in [2.45, 2.75) is 19.4 Å². The second kappa shape index (κ2) is 2.62. The summed E-state index contributed by atoms with van der Waals surface area (Å²) in [6.07, 6.45) is 2.67. The van der Waals surface area contributed by atoms with Gasteiger partial charge in [-0.25, -0.2) is 0 Å². The third kappa shape index (κ3) is 1.32. The molecule has 0 spiro atoms. The maximum absolute atomic E-state index is 11.3. The zero-order valence-corrected chi connectivity index (χ0v) is 6.87. The average Bonchev–Trinajstić information content (AvgIpc) is 2.58. The van der Waals surface area contributed by atoms with Crippen LogP contribution in [-0.2, 0) is 0 Å². The molecule has 2 atom stereocenters. The number of hydrogen-bond acceptors (Lipinski definition) is 2. The first-order chi connectivity index (χ1) is 5.77. The van der Waals surface area contributed by atoms with Gasteiger partial charge in [0.05, 0.1) is 0 Å². The Morgan fingerprint density at radius 1 is 1.83 bits per heavy atom. The molecule has 0 aromatic carbocycles. The van der Waals surface area contributed by atoms with E-state index in [1.54, 1.807) is 12.3 Å². The monoisotopic (exact) mass is 165 g/mol. The maximum atomic E-state index is 11.3. The molecule has 1 aromatic rings. The van der Waals surface area contributed by atoms with Gasteiger partial charge in [0.1, 0.15) is 5.69 Å². The average molecular weight is 165 g/mol. The number of aromatic amines is 1. The van der Waals surface area contributed by atoms with E-state index in [4.69, 9.17) is 0 Å². The highest BCUT2D eigenvalue weighted by Gasteiger charge is 2.34. The highest BCUT2D eigenvalue weighted by molar-refractivity contribution is 5.92. The van der Waals surface area contributed by atoms with Gasteiger partial charge in [-0.1, -0.05) is 6.92 Å². The van der Waals surface area contributed by atoms with Gasteiger partial charge in [0.2, 0.25) is 0 Å². The van der Waals surface area contributed by atoms with Crippen LogP contribution in [0.25, 0.3) is 0 Å². The number of rotatable bonds is 2. The molecule has 0 aliphatic heterocycles. The van der Waals surface area contributed by atoms with Crippen molar-refractivity contribution in [2.24, 2.45) is 5.92 Å². The normalized spacial score (nSPS) is 26.8. The zero-order valence-electron chi connectivity index (χ0n) is 6.87. The van der Waals surface area contributed by atoms with Gasteiger partial charge < -0.3 is 5.32 Å². The van der Waals surface area contributed by atoms with Gasteiger partial charge in [-0.2, -0.15) is 5.10 Å². The number of carbonyl (C=O) groups is 1. The minimum Gasteiger partial charge on any atom is -0.348 e. The van der Waals surface area contributed by atoms with Gasteiger partial charge in [-0.05, 0) is 18.4 Å². The molecule has 1 aliphatic rings. The van der Waals surface area contributed by atoms with E-state index in [0.29, 0.717) is 17.7 Å². The highest BCUT2D eigenvalue weighted by atomic mass is 16.2. The number of H-pyrrole nitrogens is 1. The second-order valence-corrected chi connectivity index (χ2v) is 3.26. The van der Waals surface area contributed by atoms with E-state index in [2.05, 4.69) is 22.4 Å². The standard InChI is InChI=1S/C8H11N3O/c1-5-4-7(5)10-8(12)6-2-3-9-11-6/h2-3,5,7H,4H2,1H3,(H,9,11)(H,10,12). The zero-order chi connectivity index (χ0) is 8.55. The summed E-state index contributed by atoms with van der Waals surface area (Å²) >= 11 is 0. The van der Waals surface area contributed by atoms with E-state index < -0.39 is 0 Å². The van der Waals surface area contributed by atoms with Gasteiger partial charge in [-0.3, -0.25) is 9.89 Å². The fraction of sp³-hybridized carbons (Fsp3) is 0.500. The van der Waals surface area contributed by atoms with Crippen molar-refractivity contribution in [1.29, 1.82) is 0 Å². The van der Waals surface area contributed by atoms with Crippen LogP contribution < -0.4 is 5.32 Å². The third-order valence-corrected chi connectivity index (χ3v) is 2.17. The van der Waals surface area contributed by atoms with E-state index in [1.165, 1.54) is 0 Å². The van der Waals surface area contributed by atoms with Gasteiger partial charge in [-0.15, -0.1) is 0 Å². The number of carbonyl (C=O) groups excluding carboxylic acids is 1. The summed E-state index contributed by atoms with van der Waals surface area (Å²) in [5, 5.41) is 9.22. The number of nitrogens with zero attached hydrogens (tertiary/aromatic N) is 1. The lowest BCUT2D eigenvalue weighted by atomic mass is 10.4. The topological polar surface area (TPSA) is 57.8 Å². The van der Waals surface area contributed by atoms with Crippen molar-refractivity contribution in [3.8, 4) is 0 Å². The lowest BCUT2D eigenvalue weighted by Gasteiger charge is -1.99. The molecule has 1 aromatic heterocycles. The summed E-state index contributed by atoms with van der Waals surface area (Å²) in [7, 11) is 0. The van der Waals surface area contributed by atoms with Gasteiger partial charge >= 0.3 is 0 Å². The van der Waals surface area contributed by atoms with Gasteiger partial charge in [0.15, 0.2) is 0 Å². The van der Waals surface area contributed by atoms with Crippen molar-refractivity contribution in [2.75, 3.05) is 0 Å². The molecule has 2 N–H and O–H groups in total. The van der Waals surface area contributed by atoms with Crippen molar-refractivity contribution < 1.29 is 4.79 Å². The molecule has 4 nitrogen and oxygen atoms in total. The van der Waals surface area contributed by atoms with Crippen molar-refractivity contribution in [3.05, 3.63) is 18.0 Å². The number of hydrogen-bond donors (Lipinski definition) is 2. The predicted molar refractivity (Wildman–Crippen MR) is 43.6 cm³/mol. The van der Waals surface area contributed by atoms with E-state index >= 15 is 0 Å². The minimum absolute atomic E-state index is 0.0538. The lowest BCUT2D eigenvalue weighted by molar-refractivity contribution is 0.0944. The Labute approximate surface area is 70.4 Å². The molecule has 64 valence electrons. The van der Waals surface area contributed by atoms with Crippen LogP contribution in [0.15, 0.2) is 12.3 Å². The molecule has 1 fully saturated rings. The van der Waals surface area contributed by atoms with Crippen molar-refractivity contribution >= 4 is 5.91 Å². The Balaban J connectivity index is 1.93. The largest absolute Gasteiger partial charge is 0.348 e. The summed E-state index contributed by atoms with van der Waals surface area (Å²) in [5.74, 6) is 0.582. The molecule has 1 amide bonds. The van der Waals surface area contributed by atoms with Crippen LogP contribution in [0.3, 0.4) is 0 Å². The first-order valence-electron chi connectivity index (χ1n) is 4.07. The first kappa shape index (κ1) is 7.34. The van der Waals surface area contributed by atoms with Crippen molar-refractivity contribution in [1.82, 2.24) is 15.5 Å². The Hall–Kier alpha value is -1.32. The number of nitrogens with one attached hydrogen (secondary N) is 2. The first-order valence-corrected chi connectivity index (χ1v) is 4.07. The molecule has 4 heteroatoms. The molecule has 1 aliphatic carbocycles.